The second kappa shape index (κ2) is 6.88. The maximum atomic E-state index is 13.0. The van der Waals surface area contributed by atoms with E-state index in [0.717, 1.165) is 17.0 Å². The molecular weight excluding hydrogens is 369 g/mol. The van der Waals surface area contributed by atoms with E-state index in [2.05, 4.69) is 20.3 Å². The van der Waals surface area contributed by atoms with Crippen molar-refractivity contribution in [2.24, 2.45) is 0 Å². The van der Waals surface area contributed by atoms with Crippen LogP contribution < -0.4 is 5.84 Å². The SMILES string of the molecule is Cc1cc(C)n(-c2nnc(SCc3ncc(-c4ccc(F)cc4)o3)n2N)n1. The number of nitrogens with two attached hydrogens (primary N) is 1. The summed E-state index contributed by atoms with van der Waals surface area (Å²) in [6.07, 6.45) is 1.61. The molecule has 0 unspecified atom stereocenters. The first kappa shape index (κ1) is 17.3. The second-order valence-corrected chi connectivity index (χ2v) is 6.85. The summed E-state index contributed by atoms with van der Waals surface area (Å²) in [5.41, 5.74) is 2.55. The van der Waals surface area contributed by atoms with Gasteiger partial charge in [0.15, 0.2) is 5.76 Å². The van der Waals surface area contributed by atoms with Crippen LogP contribution in [0, 0.1) is 19.7 Å². The Bertz CT molecular complexity index is 1080. The van der Waals surface area contributed by atoms with Gasteiger partial charge in [-0.05, 0) is 44.2 Å². The summed E-state index contributed by atoms with van der Waals surface area (Å²) >= 11 is 1.35. The number of oxazole rings is 1. The van der Waals surface area contributed by atoms with Crippen molar-refractivity contribution >= 4 is 11.8 Å². The van der Waals surface area contributed by atoms with E-state index in [4.69, 9.17) is 10.3 Å². The predicted octanol–water partition coefficient (Wildman–Crippen LogP) is 2.88. The van der Waals surface area contributed by atoms with Crippen LogP contribution in [0.3, 0.4) is 0 Å². The van der Waals surface area contributed by atoms with Crippen molar-refractivity contribution in [3.05, 3.63) is 59.6 Å². The molecule has 0 aliphatic heterocycles. The normalized spacial score (nSPS) is 11.2. The number of thioether (sulfide) groups is 1. The Labute approximate surface area is 158 Å². The molecule has 4 rings (SSSR count). The third kappa shape index (κ3) is 3.43. The fraction of sp³-hybridized carbons (Fsp3) is 0.176. The number of aryl methyl sites for hydroxylation is 2. The first-order valence-electron chi connectivity index (χ1n) is 8.09. The van der Waals surface area contributed by atoms with E-state index in [1.807, 2.05) is 19.9 Å². The first-order valence-corrected chi connectivity index (χ1v) is 9.07. The highest BCUT2D eigenvalue weighted by Crippen LogP contribution is 2.25. The molecule has 0 spiro atoms. The topological polar surface area (TPSA) is 101 Å². The van der Waals surface area contributed by atoms with Crippen molar-refractivity contribution in [2.45, 2.75) is 24.8 Å². The van der Waals surface area contributed by atoms with Crippen molar-refractivity contribution < 1.29 is 8.81 Å². The fourth-order valence-electron chi connectivity index (χ4n) is 2.59. The van der Waals surface area contributed by atoms with Crippen LogP contribution in [-0.4, -0.2) is 29.6 Å². The van der Waals surface area contributed by atoms with E-state index >= 15 is 0 Å². The van der Waals surface area contributed by atoms with Crippen molar-refractivity contribution in [2.75, 3.05) is 5.84 Å². The molecule has 27 heavy (non-hydrogen) atoms. The lowest BCUT2D eigenvalue weighted by Crippen LogP contribution is -2.17. The molecule has 3 heterocycles. The van der Waals surface area contributed by atoms with Gasteiger partial charge in [-0.2, -0.15) is 5.10 Å². The quantitative estimate of drug-likeness (QED) is 0.416. The van der Waals surface area contributed by atoms with Crippen molar-refractivity contribution in [3.8, 4) is 17.3 Å². The summed E-state index contributed by atoms with van der Waals surface area (Å²) in [7, 11) is 0. The van der Waals surface area contributed by atoms with Crippen LogP contribution in [0.15, 0.2) is 46.1 Å². The molecule has 8 nitrogen and oxygen atoms in total. The van der Waals surface area contributed by atoms with E-state index in [1.165, 1.54) is 28.6 Å². The van der Waals surface area contributed by atoms with Crippen LogP contribution in [0.2, 0.25) is 0 Å². The average molecular weight is 385 g/mol. The Balaban J connectivity index is 1.48. The molecule has 138 valence electrons. The fourth-order valence-corrected chi connectivity index (χ4v) is 3.30. The van der Waals surface area contributed by atoms with Crippen molar-refractivity contribution in [1.82, 2.24) is 29.6 Å². The zero-order chi connectivity index (χ0) is 19.0. The molecule has 0 amide bonds. The molecule has 1 aromatic carbocycles. The van der Waals surface area contributed by atoms with Crippen molar-refractivity contribution in [3.63, 3.8) is 0 Å². The number of aromatic nitrogens is 6. The standard InChI is InChI=1S/C17H16FN7OS/c1-10-7-11(2)25(23-10)16-21-22-17(24(16)19)27-9-15-20-8-14(26-15)12-3-5-13(18)6-4-12/h3-8H,9,19H2,1-2H3. The molecule has 0 saturated heterocycles. The van der Waals surface area contributed by atoms with Crippen LogP contribution in [0.25, 0.3) is 17.3 Å². The highest BCUT2D eigenvalue weighted by atomic mass is 32.2. The van der Waals surface area contributed by atoms with Gasteiger partial charge in [0, 0.05) is 11.3 Å². The van der Waals surface area contributed by atoms with E-state index in [0.29, 0.717) is 28.5 Å². The third-order valence-electron chi connectivity index (χ3n) is 3.85. The van der Waals surface area contributed by atoms with E-state index in [9.17, 15) is 4.39 Å². The number of benzene rings is 1. The molecule has 0 radical (unpaired) electrons. The molecule has 3 aromatic heterocycles. The molecule has 0 atom stereocenters. The molecule has 4 aromatic rings. The smallest absolute Gasteiger partial charge is 0.271 e. The number of rotatable bonds is 5. The summed E-state index contributed by atoms with van der Waals surface area (Å²) < 4.78 is 21.8. The maximum absolute atomic E-state index is 13.0. The summed E-state index contributed by atoms with van der Waals surface area (Å²) in [4.78, 5) is 4.25. The molecular formula is C17H16FN7OS. The Morgan fingerprint density at radius 1 is 1.19 bits per heavy atom. The van der Waals surface area contributed by atoms with Gasteiger partial charge in [-0.15, -0.1) is 10.2 Å². The number of halogens is 1. The second-order valence-electron chi connectivity index (χ2n) is 5.91. The summed E-state index contributed by atoms with van der Waals surface area (Å²) in [6.45, 7) is 3.82. The van der Waals surface area contributed by atoms with E-state index in [-0.39, 0.29) is 5.82 Å². The summed E-state index contributed by atoms with van der Waals surface area (Å²) in [6, 6.07) is 7.98. The average Bonchev–Trinajstić information content (AvgIpc) is 3.33. The highest BCUT2D eigenvalue weighted by Gasteiger charge is 2.16. The molecule has 0 fully saturated rings. The Hall–Kier alpha value is -3.14. The van der Waals surface area contributed by atoms with Crippen LogP contribution in [-0.2, 0) is 5.75 Å². The van der Waals surface area contributed by atoms with Gasteiger partial charge in [0.25, 0.3) is 5.95 Å². The van der Waals surface area contributed by atoms with Crippen LogP contribution in [0.1, 0.15) is 17.3 Å². The molecule has 2 N–H and O–H groups in total. The summed E-state index contributed by atoms with van der Waals surface area (Å²) in [5, 5.41) is 13.1. The van der Waals surface area contributed by atoms with Gasteiger partial charge in [0.2, 0.25) is 11.0 Å². The van der Waals surface area contributed by atoms with Gasteiger partial charge in [-0.25, -0.2) is 18.7 Å². The lowest BCUT2D eigenvalue weighted by atomic mass is 10.2. The van der Waals surface area contributed by atoms with Crippen molar-refractivity contribution in [1.29, 1.82) is 0 Å². The van der Waals surface area contributed by atoms with E-state index in [1.54, 1.807) is 23.0 Å². The zero-order valence-corrected chi connectivity index (χ0v) is 15.4. The van der Waals surface area contributed by atoms with E-state index < -0.39 is 0 Å². The number of nitrogen functional groups attached to an aromatic ring is 1. The lowest BCUT2D eigenvalue weighted by Gasteiger charge is -2.04. The molecule has 0 bridgehead atoms. The number of hydrogen-bond acceptors (Lipinski definition) is 7. The van der Waals surface area contributed by atoms with Gasteiger partial charge in [0.05, 0.1) is 17.6 Å². The van der Waals surface area contributed by atoms with Gasteiger partial charge in [-0.1, -0.05) is 11.8 Å². The number of hydrogen-bond donors (Lipinski definition) is 1. The van der Waals surface area contributed by atoms with Gasteiger partial charge in [-0.3, -0.25) is 0 Å². The minimum atomic E-state index is -0.297. The zero-order valence-electron chi connectivity index (χ0n) is 14.6. The minimum absolute atomic E-state index is 0.297. The molecule has 0 saturated carbocycles. The Morgan fingerprint density at radius 2 is 1.96 bits per heavy atom. The molecule has 0 aliphatic carbocycles. The van der Waals surface area contributed by atoms with Gasteiger partial charge in [0.1, 0.15) is 5.82 Å². The van der Waals surface area contributed by atoms with Crippen LogP contribution in [0.5, 0.6) is 0 Å². The van der Waals surface area contributed by atoms with Crippen LogP contribution >= 0.6 is 11.8 Å². The highest BCUT2D eigenvalue weighted by molar-refractivity contribution is 7.98. The minimum Gasteiger partial charge on any atom is -0.440 e. The van der Waals surface area contributed by atoms with Crippen LogP contribution in [0.4, 0.5) is 4.39 Å². The Kier molecular flexibility index (Phi) is 4.40. The first-order chi connectivity index (χ1) is 13.0. The van der Waals surface area contributed by atoms with Gasteiger partial charge >= 0.3 is 0 Å². The lowest BCUT2D eigenvalue weighted by molar-refractivity contribution is 0.529. The third-order valence-corrected chi connectivity index (χ3v) is 4.78. The molecule has 10 heteroatoms. The monoisotopic (exact) mass is 385 g/mol. The maximum Gasteiger partial charge on any atom is 0.271 e. The summed E-state index contributed by atoms with van der Waals surface area (Å²) in [5.74, 6) is 7.75. The largest absolute Gasteiger partial charge is 0.440 e. The Morgan fingerprint density at radius 3 is 2.67 bits per heavy atom. The molecule has 0 aliphatic rings. The predicted molar refractivity (Wildman–Crippen MR) is 98.2 cm³/mol. The van der Waals surface area contributed by atoms with Gasteiger partial charge < -0.3 is 10.3 Å². The number of nitrogens with zero attached hydrogens (tertiary/aromatic N) is 6.